The first-order valence-corrected chi connectivity index (χ1v) is 10.5. The lowest BCUT2D eigenvalue weighted by Crippen LogP contribution is -2.40. The maximum absolute atomic E-state index is 12.8. The lowest BCUT2D eigenvalue weighted by molar-refractivity contribution is -0.139. The molecule has 0 saturated carbocycles. The third-order valence-corrected chi connectivity index (χ3v) is 5.61. The Balaban J connectivity index is 0.00000306. The van der Waals surface area contributed by atoms with Crippen LogP contribution < -0.4 is 16.0 Å². The van der Waals surface area contributed by atoms with Gasteiger partial charge in [0.15, 0.2) is 6.61 Å². The first kappa shape index (κ1) is 24.6. The second-order valence-electron chi connectivity index (χ2n) is 7.76. The maximum Gasteiger partial charge on any atom is 0.341 e. The number of H-pyrrole nitrogens is 1. The fourth-order valence-electron chi connectivity index (χ4n) is 3.88. The van der Waals surface area contributed by atoms with Crippen LogP contribution in [0.3, 0.4) is 0 Å². The van der Waals surface area contributed by atoms with E-state index in [0.29, 0.717) is 29.0 Å². The molecule has 4 rings (SSSR count). The van der Waals surface area contributed by atoms with E-state index < -0.39 is 12.6 Å². The van der Waals surface area contributed by atoms with Crippen molar-refractivity contribution in [3.63, 3.8) is 0 Å². The molecule has 0 aliphatic carbocycles. The minimum absolute atomic E-state index is 0. The Labute approximate surface area is 195 Å². The van der Waals surface area contributed by atoms with E-state index in [-0.39, 0.29) is 23.7 Å². The highest BCUT2D eigenvalue weighted by atomic mass is 35.5. The Morgan fingerprint density at radius 3 is 2.52 bits per heavy atom. The van der Waals surface area contributed by atoms with E-state index in [2.05, 4.69) is 9.88 Å². The molecule has 0 bridgehead atoms. The van der Waals surface area contributed by atoms with Crippen LogP contribution in [0.1, 0.15) is 6.42 Å². The molecule has 33 heavy (non-hydrogen) atoms. The molecule has 1 saturated heterocycles. The van der Waals surface area contributed by atoms with Crippen LogP contribution in [-0.2, 0) is 23.1 Å². The van der Waals surface area contributed by atoms with E-state index in [1.807, 2.05) is 0 Å². The summed E-state index contributed by atoms with van der Waals surface area (Å²) < 4.78 is 13.3. The number of aromatic amines is 1. The lowest BCUT2D eigenvalue weighted by Gasteiger charge is -2.26. The quantitative estimate of drug-likeness (QED) is 0.501. The van der Waals surface area contributed by atoms with Crippen LogP contribution in [0, 0.1) is 0 Å². The van der Waals surface area contributed by atoms with Crippen molar-refractivity contribution in [1.29, 1.82) is 0 Å². The van der Waals surface area contributed by atoms with Gasteiger partial charge in [-0.1, -0.05) is 0 Å². The Kier molecular flexibility index (Phi) is 7.96. The number of aromatic nitrogens is 3. The van der Waals surface area contributed by atoms with Gasteiger partial charge in [-0.15, -0.1) is 12.4 Å². The average molecular weight is 479 g/mol. The fraction of sp³-hybridized carbons (Fsp3) is 0.409. The number of benzene rings is 1. The van der Waals surface area contributed by atoms with Crippen LogP contribution in [0.5, 0.6) is 5.75 Å². The molecule has 0 atom stereocenters. The highest BCUT2D eigenvalue weighted by molar-refractivity contribution is 5.85. The van der Waals surface area contributed by atoms with Gasteiger partial charge in [-0.05, 0) is 42.3 Å². The number of nitrogens with one attached hydrogen (secondary N) is 1. The topological polar surface area (TPSA) is 119 Å². The summed E-state index contributed by atoms with van der Waals surface area (Å²) in [4.78, 5) is 41.6. The second-order valence-corrected chi connectivity index (χ2v) is 7.76. The number of carboxylic acid groups (broad SMARTS) is 1. The van der Waals surface area contributed by atoms with Gasteiger partial charge in [0.05, 0.1) is 18.7 Å². The average Bonchev–Trinajstić information content (AvgIpc) is 3.25. The second kappa shape index (κ2) is 10.7. The molecule has 2 aromatic heterocycles. The van der Waals surface area contributed by atoms with Crippen molar-refractivity contribution in [1.82, 2.24) is 19.0 Å². The van der Waals surface area contributed by atoms with Gasteiger partial charge in [-0.25, -0.2) is 9.59 Å². The third-order valence-electron chi connectivity index (χ3n) is 5.61. The Morgan fingerprint density at radius 2 is 1.85 bits per heavy atom. The molecular formula is C22H27ClN4O6. The number of nitrogens with zero attached hydrogens (tertiary/aromatic N) is 3. The fourth-order valence-corrected chi connectivity index (χ4v) is 3.88. The number of hydrogen-bond donors (Lipinski definition) is 2. The van der Waals surface area contributed by atoms with E-state index in [1.54, 1.807) is 34.9 Å². The zero-order chi connectivity index (χ0) is 22.7. The van der Waals surface area contributed by atoms with Gasteiger partial charge in [0.1, 0.15) is 11.3 Å². The molecule has 11 heteroatoms. The highest BCUT2D eigenvalue weighted by Gasteiger charge is 2.16. The zero-order valence-corrected chi connectivity index (χ0v) is 19.1. The van der Waals surface area contributed by atoms with Crippen molar-refractivity contribution in [2.75, 3.05) is 39.5 Å². The van der Waals surface area contributed by atoms with Crippen molar-refractivity contribution in [2.45, 2.75) is 13.0 Å². The van der Waals surface area contributed by atoms with E-state index >= 15 is 0 Å². The van der Waals surface area contributed by atoms with E-state index in [1.165, 1.54) is 7.05 Å². The van der Waals surface area contributed by atoms with Gasteiger partial charge in [-0.2, -0.15) is 0 Å². The summed E-state index contributed by atoms with van der Waals surface area (Å²) in [6.45, 7) is 4.17. The minimum Gasteiger partial charge on any atom is -0.482 e. The molecule has 0 amide bonds. The van der Waals surface area contributed by atoms with Crippen molar-refractivity contribution < 1.29 is 19.4 Å². The van der Waals surface area contributed by atoms with Crippen LogP contribution >= 0.6 is 12.4 Å². The summed E-state index contributed by atoms with van der Waals surface area (Å²) >= 11 is 0. The van der Waals surface area contributed by atoms with Gasteiger partial charge in [0.25, 0.3) is 5.56 Å². The van der Waals surface area contributed by atoms with Gasteiger partial charge < -0.3 is 19.6 Å². The summed E-state index contributed by atoms with van der Waals surface area (Å²) in [5.74, 6) is -0.615. The van der Waals surface area contributed by atoms with Crippen LogP contribution in [0.25, 0.3) is 22.3 Å². The highest BCUT2D eigenvalue weighted by Crippen LogP contribution is 2.24. The van der Waals surface area contributed by atoms with E-state index in [9.17, 15) is 14.4 Å². The third kappa shape index (κ3) is 5.47. The van der Waals surface area contributed by atoms with Crippen molar-refractivity contribution in [3.8, 4) is 17.0 Å². The summed E-state index contributed by atoms with van der Waals surface area (Å²) in [6.07, 6.45) is 0.781. The molecule has 1 fully saturated rings. The number of carbonyl (C=O) groups is 1. The van der Waals surface area contributed by atoms with Crippen LogP contribution in [-0.4, -0.2) is 69.5 Å². The molecule has 10 nitrogen and oxygen atoms in total. The molecule has 2 N–H and O–H groups in total. The van der Waals surface area contributed by atoms with Crippen LogP contribution in [0.4, 0.5) is 0 Å². The number of morpholine rings is 1. The molecule has 1 aliphatic heterocycles. The van der Waals surface area contributed by atoms with Gasteiger partial charge >= 0.3 is 11.7 Å². The van der Waals surface area contributed by atoms with Gasteiger partial charge in [0, 0.05) is 38.9 Å². The van der Waals surface area contributed by atoms with E-state index in [0.717, 1.165) is 49.4 Å². The number of halogens is 1. The molecule has 3 heterocycles. The predicted octanol–water partition coefficient (Wildman–Crippen LogP) is 1.30. The van der Waals surface area contributed by atoms with Crippen molar-refractivity contribution in [2.24, 2.45) is 7.05 Å². The van der Waals surface area contributed by atoms with E-state index in [4.69, 9.17) is 14.6 Å². The van der Waals surface area contributed by atoms with Crippen molar-refractivity contribution >= 4 is 29.4 Å². The van der Waals surface area contributed by atoms with Crippen LogP contribution in [0.15, 0.2) is 39.9 Å². The smallest absolute Gasteiger partial charge is 0.341 e. The number of ether oxygens (including phenoxy) is 2. The number of carboxylic acids is 1. The summed E-state index contributed by atoms with van der Waals surface area (Å²) in [5.41, 5.74) is 1.71. The number of aryl methyl sites for hydroxylation is 1. The van der Waals surface area contributed by atoms with Crippen LogP contribution in [0.2, 0.25) is 0 Å². The first-order valence-electron chi connectivity index (χ1n) is 10.5. The standard InChI is InChI=1S/C22H26N4O6.ClH/c1-24-21(29)20-18(26(22(24)30)8-2-7-25-9-11-31-12-10-25)13-17(23-20)15-3-5-16(6-4-15)32-14-19(27)28;/h3-6,13,23H,2,7-12,14H2,1H3,(H,27,28);1H. The summed E-state index contributed by atoms with van der Waals surface area (Å²) in [7, 11) is 1.48. The largest absolute Gasteiger partial charge is 0.482 e. The zero-order valence-electron chi connectivity index (χ0n) is 18.3. The SMILES string of the molecule is Cl.Cn1c(=O)c2[nH]c(-c3ccc(OCC(=O)O)cc3)cc2n(CCCN2CCOCC2)c1=O. The Hall–Kier alpha value is -3.08. The Morgan fingerprint density at radius 1 is 1.15 bits per heavy atom. The molecule has 178 valence electrons. The first-order chi connectivity index (χ1) is 15.4. The molecule has 0 spiro atoms. The predicted molar refractivity (Wildman–Crippen MR) is 125 cm³/mol. The lowest BCUT2D eigenvalue weighted by atomic mass is 10.1. The number of aliphatic carboxylic acids is 1. The van der Waals surface area contributed by atoms with Crippen molar-refractivity contribution in [3.05, 3.63) is 51.2 Å². The monoisotopic (exact) mass is 478 g/mol. The minimum atomic E-state index is -1.05. The molecule has 1 aromatic carbocycles. The maximum atomic E-state index is 12.8. The molecule has 3 aromatic rings. The molecule has 1 aliphatic rings. The molecule has 0 unspecified atom stereocenters. The normalized spacial score (nSPS) is 14.2. The molecule has 0 radical (unpaired) electrons. The molecular weight excluding hydrogens is 452 g/mol. The van der Waals surface area contributed by atoms with Gasteiger partial charge in [0.2, 0.25) is 0 Å². The Bertz CT molecular complexity index is 1220. The number of fused-ring (bicyclic) bond motifs is 1. The number of rotatable bonds is 8. The number of hydrogen-bond acceptors (Lipinski definition) is 6. The van der Waals surface area contributed by atoms with Gasteiger partial charge in [-0.3, -0.25) is 18.8 Å². The summed E-state index contributed by atoms with van der Waals surface area (Å²) in [5, 5.41) is 8.72. The summed E-state index contributed by atoms with van der Waals surface area (Å²) in [6, 6.07) is 8.68.